The van der Waals surface area contributed by atoms with Crippen molar-refractivity contribution in [2.75, 3.05) is 13.2 Å². The zero-order chi connectivity index (χ0) is 22.7. The molecule has 2 fully saturated rings. The number of amides is 1. The maximum atomic E-state index is 12.9. The third-order valence-corrected chi connectivity index (χ3v) is 5.72. The smallest absolute Gasteiger partial charge is 0.416 e. The molecular weight excluding hydrogens is 425 g/mol. The number of carbonyl (C=O) groups is 1. The Morgan fingerprint density at radius 1 is 1.16 bits per heavy atom. The van der Waals surface area contributed by atoms with E-state index in [1.807, 2.05) is 0 Å². The number of hydrogen-bond donors (Lipinski definition) is 1. The molecule has 32 heavy (non-hydrogen) atoms. The Bertz CT molecular complexity index is 932. The minimum absolute atomic E-state index is 0.157. The maximum Gasteiger partial charge on any atom is 0.416 e. The Labute approximate surface area is 184 Å². The molecule has 1 aliphatic carbocycles. The second-order valence-corrected chi connectivity index (χ2v) is 8.14. The van der Waals surface area contributed by atoms with E-state index in [9.17, 15) is 23.1 Å². The number of aliphatic hydroxyl groups is 1. The molecule has 2 aliphatic rings. The van der Waals surface area contributed by atoms with E-state index in [1.54, 1.807) is 23.4 Å². The average Bonchev–Trinajstić information content (AvgIpc) is 3.61. The molecule has 2 aromatic rings. The maximum absolute atomic E-state index is 12.9. The molecule has 2 unspecified atom stereocenters. The normalized spacial score (nSPS) is 20.0. The van der Waals surface area contributed by atoms with Crippen LogP contribution in [0.2, 0.25) is 0 Å². The van der Waals surface area contributed by atoms with Gasteiger partial charge in [0, 0.05) is 24.5 Å². The molecule has 2 atom stereocenters. The molecular formula is C23H25F3N2O4. The van der Waals surface area contributed by atoms with Crippen molar-refractivity contribution in [1.82, 2.24) is 9.88 Å². The zero-order valence-electron chi connectivity index (χ0n) is 17.4. The number of nitrogens with zero attached hydrogens (tertiary/aromatic N) is 2. The lowest BCUT2D eigenvalue weighted by Crippen LogP contribution is -2.48. The Morgan fingerprint density at radius 2 is 1.91 bits per heavy atom. The standard InChI is InChI=1S/C23H25F3N2O4/c24-23(25,26)15-4-6-16(7-5-15)31-14-21(29)28-12-2-1-3-19(28)22(30)18-13-27-11-10-20(18)32-17-8-9-17/h4-7,10-11,13,17,19,22,30H,1-3,8-9,12,14H2. The van der Waals surface area contributed by atoms with Gasteiger partial charge in [-0.05, 0) is 62.4 Å². The highest BCUT2D eigenvalue weighted by atomic mass is 19.4. The summed E-state index contributed by atoms with van der Waals surface area (Å²) in [6.07, 6.45) is 2.18. The number of halogens is 3. The van der Waals surface area contributed by atoms with E-state index < -0.39 is 23.9 Å². The van der Waals surface area contributed by atoms with E-state index in [1.165, 1.54) is 12.1 Å². The first-order valence-corrected chi connectivity index (χ1v) is 10.7. The van der Waals surface area contributed by atoms with Crippen LogP contribution in [0.5, 0.6) is 11.5 Å². The molecule has 0 bridgehead atoms. The van der Waals surface area contributed by atoms with Gasteiger partial charge in [0.15, 0.2) is 6.61 Å². The van der Waals surface area contributed by atoms with Crippen LogP contribution in [0, 0.1) is 0 Å². The third-order valence-electron chi connectivity index (χ3n) is 5.72. The number of carbonyl (C=O) groups excluding carboxylic acids is 1. The van der Waals surface area contributed by atoms with Crippen LogP contribution in [0.4, 0.5) is 13.2 Å². The zero-order valence-corrected chi connectivity index (χ0v) is 17.4. The molecule has 1 aromatic heterocycles. The van der Waals surface area contributed by atoms with Crippen LogP contribution in [-0.2, 0) is 11.0 Å². The lowest BCUT2D eigenvalue weighted by atomic mass is 9.93. The van der Waals surface area contributed by atoms with Crippen molar-refractivity contribution < 1.29 is 32.5 Å². The summed E-state index contributed by atoms with van der Waals surface area (Å²) in [5.74, 6) is 0.420. The van der Waals surface area contributed by atoms with Gasteiger partial charge in [-0.25, -0.2) is 0 Å². The Morgan fingerprint density at radius 3 is 2.59 bits per heavy atom. The Balaban J connectivity index is 1.42. The number of ether oxygens (including phenoxy) is 2. The number of piperidine rings is 1. The van der Waals surface area contributed by atoms with Gasteiger partial charge in [-0.3, -0.25) is 9.78 Å². The number of pyridine rings is 1. The second kappa shape index (κ2) is 9.36. The van der Waals surface area contributed by atoms with E-state index in [2.05, 4.69) is 4.98 Å². The summed E-state index contributed by atoms with van der Waals surface area (Å²) < 4.78 is 49.4. The van der Waals surface area contributed by atoms with Crippen LogP contribution in [0.3, 0.4) is 0 Å². The summed E-state index contributed by atoms with van der Waals surface area (Å²) in [7, 11) is 0. The van der Waals surface area contributed by atoms with E-state index >= 15 is 0 Å². The van der Waals surface area contributed by atoms with E-state index in [0.29, 0.717) is 24.3 Å². The molecule has 9 heteroatoms. The lowest BCUT2D eigenvalue weighted by molar-refractivity contribution is -0.140. The van der Waals surface area contributed by atoms with Gasteiger partial charge in [0.2, 0.25) is 0 Å². The van der Waals surface area contributed by atoms with Gasteiger partial charge in [-0.2, -0.15) is 13.2 Å². The summed E-state index contributed by atoms with van der Waals surface area (Å²) in [5.41, 5.74) is -0.233. The molecule has 172 valence electrons. The molecule has 6 nitrogen and oxygen atoms in total. The van der Waals surface area contributed by atoms with E-state index in [0.717, 1.165) is 37.8 Å². The highest BCUT2D eigenvalue weighted by Gasteiger charge is 2.35. The first kappa shape index (κ1) is 22.4. The molecule has 2 heterocycles. The van der Waals surface area contributed by atoms with Crippen LogP contribution in [0.15, 0.2) is 42.7 Å². The number of alkyl halides is 3. The first-order valence-electron chi connectivity index (χ1n) is 10.7. The van der Waals surface area contributed by atoms with Gasteiger partial charge in [0.1, 0.15) is 17.6 Å². The average molecular weight is 450 g/mol. The molecule has 1 amide bonds. The summed E-state index contributed by atoms with van der Waals surface area (Å²) in [6.45, 7) is 0.142. The van der Waals surface area contributed by atoms with Crippen LogP contribution in [0.1, 0.15) is 49.3 Å². The topological polar surface area (TPSA) is 71.9 Å². The summed E-state index contributed by atoms with van der Waals surface area (Å²) in [4.78, 5) is 18.6. The molecule has 1 saturated heterocycles. The molecule has 1 N–H and O–H groups in total. The number of aliphatic hydroxyl groups excluding tert-OH is 1. The fourth-order valence-electron chi connectivity index (χ4n) is 3.86. The number of benzene rings is 1. The van der Waals surface area contributed by atoms with Gasteiger partial charge in [-0.1, -0.05) is 0 Å². The first-order chi connectivity index (χ1) is 15.3. The van der Waals surface area contributed by atoms with Gasteiger partial charge in [-0.15, -0.1) is 0 Å². The number of likely N-dealkylation sites (tertiary alicyclic amines) is 1. The predicted octanol–water partition coefficient (Wildman–Crippen LogP) is 4.14. The summed E-state index contributed by atoms with van der Waals surface area (Å²) in [5, 5.41) is 11.1. The fourth-order valence-corrected chi connectivity index (χ4v) is 3.86. The molecule has 1 aromatic carbocycles. The Hall–Kier alpha value is -2.81. The fraction of sp³-hybridized carbons (Fsp3) is 0.478. The van der Waals surface area contributed by atoms with Gasteiger partial charge < -0.3 is 19.5 Å². The number of rotatable bonds is 7. The largest absolute Gasteiger partial charge is 0.490 e. The molecule has 4 rings (SSSR count). The highest BCUT2D eigenvalue weighted by Crippen LogP contribution is 2.36. The SMILES string of the molecule is O=C(COc1ccc(C(F)(F)F)cc1)N1CCCCC1C(O)c1cnccc1OC1CC1. The predicted molar refractivity (Wildman–Crippen MR) is 109 cm³/mol. The summed E-state index contributed by atoms with van der Waals surface area (Å²) >= 11 is 0. The number of aromatic nitrogens is 1. The van der Waals surface area contributed by atoms with Crippen molar-refractivity contribution in [2.45, 2.75) is 56.5 Å². The van der Waals surface area contributed by atoms with Crippen molar-refractivity contribution >= 4 is 5.91 Å². The van der Waals surface area contributed by atoms with Crippen molar-refractivity contribution in [2.24, 2.45) is 0 Å². The molecule has 1 aliphatic heterocycles. The van der Waals surface area contributed by atoms with Gasteiger partial charge in [0.25, 0.3) is 5.91 Å². The second-order valence-electron chi connectivity index (χ2n) is 8.14. The monoisotopic (exact) mass is 450 g/mol. The van der Waals surface area contributed by atoms with Crippen LogP contribution in [-0.4, -0.2) is 46.2 Å². The van der Waals surface area contributed by atoms with Crippen molar-refractivity contribution in [1.29, 1.82) is 0 Å². The van der Waals surface area contributed by atoms with Gasteiger partial charge >= 0.3 is 6.18 Å². The quantitative estimate of drug-likeness (QED) is 0.687. The van der Waals surface area contributed by atoms with E-state index in [-0.39, 0.29) is 24.4 Å². The summed E-state index contributed by atoms with van der Waals surface area (Å²) in [6, 6.07) is 5.47. The minimum atomic E-state index is -4.43. The van der Waals surface area contributed by atoms with Gasteiger partial charge in [0.05, 0.1) is 17.7 Å². The van der Waals surface area contributed by atoms with Crippen molar-refractivity contribution in [3.63, 3.8) is 0 Å². The minimum Gasteiger partial charge on any atom is -0.490 e. The van der Waals surface area contributed by atoms with Crippen LogP contribution >= 0.6 is 0 Å². The number of hydrogen-bond acceptors (Lipinski definition) is 5. The van der Waals surface area contributed by atoms with Crippen molar-refractivity contribution in [3.8, 4) is 11.5 Å². The molecule has 0 radical (unpaired) electrons. The highest BCUT2D eigenvalue weighted by molar-refractivity contribution is 5.78. The van der Waals surface area contributed by atoms with E-state index in [4.69, 9.17) is 9.47 Å². The third kappa shape index (κ3) is 5.32. The van der Waals surface area contributed by atoms with Crippen molar-refractivity contribution in [3.05, 3.63) is 53.9 Å². The van der Waals surface area contributed by atoms with Crippen LogP contribution in [0.25, 0.3) is 0 Å². The van der Waals surface area contributed by atoms with Crippen LogP contribution < -0.4 is 9.47 Å². The Kier molecular flexibility index (Phi) is 6.55. The lowest BCUT2D eigenvalue weighted by Gasteiger charge is -2.38. The molecule has 0 spiro atoms. The molecule has 1 saturated carbocycles.